The van der Waals surface area contributed by atoms with Crippen molar-refractivity contribution in [2.75, 3.05) is 6.54 Å². The van der Waals surface area contributed by atoms with Gasteiger partial charge in [-0.1, -0.05) is 24.1 Å². The molecule has 0 amide bonds. The summed E-state index contributed by atoms with van der Waals surface area (Å²) in [6.45, 7) is 7.43. The predicted molar refractivity (Wildman–Crippen MR) is 71.5 cm³/mol. The molecule has 1 unspecified atom stereocenters. The van der Waals surface area contributed by atoms with Crippen molar-refractivity contribution in [2.24, 2.45) is 0 Å². The number of hydrogen-bond donors (Lipinski definition) is 1. The van der Waals surface area contributed by atoms with Crippen LogP contribution in [0.4, 0.5) is 0 Å². The summed E-state index contributed by atoms with van der Waals surface area (Å²) in [6, 6.07) is 6.98. The second-order valence-electron chi connectivity index (χ2n) is 5.21. The fourth-order valence-electron chi connectivity index (χ4n) is 2.42. The number of aryl methyl sites for hydroxylation is 1. The molecule has 2 heteroatoms. The SMILES string of the molecule is Cc1ccc(OC(C)C)c(C2CCCCN2)c1. The zero-order valence-electron chi connectivity index (χ0n) is 11.1. The summed E-state index contributed by atoms with van der Waals surface area (Å²) >= 11 is 0. The van der Waals surface area contributed by atoms with Crippen molar-refractivity contribution >= 4 is 0 Å². The minimum Gasteiger partial charge on any atom is -0.491 e. The number of hydrogen-bond acceptors (Lipinski definition) is 2. The minimum absolute atomic E-state index is 0.236. The molecule has 17 heavy (non-hydrogen) atoms. The molecule has 1 aromatic rings. The van der Waals surface area contributed by atoms with Crippen molar-refractivity contribution in [3.63, 3.8) is 0 Å². The number of nitrogens with one attached hydrogen (secondary N) is 1. The van der Waals surface area contributed by atoms with Crippen molar-refractivity contribution in [3.8, 4) is 5.75 Å². The Morgan fingerprint density at radius 1 is 1.29 bits per heavy atom. The van der Waals surface area contributed by atoms with Gasteiger partial charge in [-0.15, -0.1) is 0 Å². The van der Waals surface area contributed by atoms with E-state index in [1.165, 1.54) is 30.4 Å². The predicted octanol–water partition coefficient (Wildman–Crippen LogP) is 3.60. The van der Waals surface area contributed by atoms with Gasteiger partial charge in [0.2, 0.25) is 0 Å². The summed E-state index contributed by atoms with van der Waals surface area (Å²) in [4.78, 5) is 0. The normalized spacial score (nSPS) is 20.6. The lowest BCUT2D eigenvalue weighted by Crippen LogP contribution is -2.27. The van der Waals surface area contributed by atoms with Gasteiger partial charge in [0.05, 0.1) is 6.10 Å². The molecule has 1 fully saturated rings. The molecule has 0 aliphatic carbocycles. The highest BCUT2D eigenvalue weighted by Gasteiger charge is 2.19. The van der Waals surface area contributed by atoms with Crippen LogP contribution < -0.4 is 10.1 Å². The first kappa shape index (κ1) is 12.4. The quantitative estimate of drug-likeness (QED) is 0.861. The van der Waals surface area contributed by atoms with Crippen molar-refractivity contribution in [2.45, 2.75) is 52.2 Å². The van der Waals surface area contributed by atoms with Crippen LogP contribution in [-0.4, -0.2) is 12.6 Å². The molecule has 0 spiro atoms. The summed E-state index contributed by atoms with van der Waals surface area (Å²) < 4.78 is 5.91. The van der Waals surface area contributed by atoms with E-state index in [0.717, 1.165) is 12.3 Å². The maximum Gasteiger partial charge on any atom is 0.124 e. The molecule has 2 nitrogen and oxygen atoms in total. The van der Waals surface area contributed by atoms with E-state index in [1.54, 1.807) is 0 Å². The van der Waals surface area contributed by atoms with E-state index < -0.39 is 0 Å². The van der Waals surface area contributed by atoms with Crippen LogP contribution >= 0.6 is 0 Å². The lowest BCUT2D eigenvalue weighted by atomic mass is 9.95. The van der Waals surface area contributed by atoms with Crippen molar-refractivity contribution in [1.29, 1.82) is 0 Å². The number of rotatable bonds is 3. The second kappa shape index (κ2) is 5.54. The van der Waals surface area contributed by atoms with Crippen molar-refractivity contribution < 1.29 is 4.74 Å². The van der Waals surface area contributed by atoms with E-state index in [1.807, 2.05) is 0 Å². The molecule has 94 valence electrons. The molecule has 1 N–H and O–H groups in total. The summed E-state index contributed by atoms with van der Waals surface area (Å²) in [5.41, 5.74) is 2.64. The number of benzene rings is 1. The Bertz CT molecular complexity index is 367. The Kier molecular flexibility index (Phi) is 4.06. The molecule has 1 heterocycles. The van der Waals surface area contributed by atoms with Gasteiger partial charge in [0, 0.05) is 11.6 Å². The van der Waals surface area contributed by atoms with Gasteiger partial charge >= 0.3 is 0 Å². The molecule has 0 aromatic heterocycles. The van der Waals surface area contributed by atoms with Crippen molar-refractivity contribution in [3.05, 3.63) is 29.3 Å². The van der Waals surface area contributed by atoms with Crippen LogP contribution in [0.5, 0.6) is 5.75 Å². The first-order chi connectivity index (χ1) is 8.16. The highest BCUT2D eigenvalue weighted by atomic mass is 16.5. The summed E-state index contributed by atoms with van der Waals surface area (Å²) in [5, 5.41) is 3.60. The molecule has 1 aliphatic rings. The second-order valence-corrected chi connectivity index (χ2v) is 5.21. The van der Waals surface area contributed by atoms with Crippen molar-refractivity contribution in [1.82, 2.24) is 5.32 Å². The maximum absolute atomic E-state index is 5.91. The molecule has 1 aromatic carbocycles. The molecule has 1 saturated heterocycles. The molecule has 1 aliphatic heterocycles. The maximum atomic E-state index is 5.91. The van der Waals surface area contributed by atoms with E-state index >= 15 is 0 Å². The van der Waals surface area contributed by atoms with E-state index in [-0.39, 0.29) is 6.10 Å². The average molecular weight is 233 g/mol. The lowest BCUT2D eigenvalue weighted by Gasteiger charge is -2.26. The minimum atomic E-state index is 0.236. The van der Waals surface area contributed by atoms with Crippen LogP contribution in [0.15, 0.2) is 18.2 Å². The fraction of sp³-hybridized carbons (Fsp3) is 0.600. The standard InChI is InChI=1S/C15H23NO/c1-11(2)17-15-8-7-12(3)10-13(15)14-6-4-5-9-16-14/h7-8,10-11,14,16H,4-6,9H2,1-3H3. The highest BCUT2D eigenvalue weighted by molar-refractivity contribution is 5.39. The van der Waals surface area contributed by atoms with Crippen LogP contribution in [0, 0.1) is 6.92 Å². The first-order valence-electron chi connectivity index (χ1n) is 6.67. The highest BCUT2D eigenvalue weighted by Crippen LogP contribution is 2.31. The van der Waals surface area contributed by atoms with Gasteiger partial charge in [0.1, 0.15) is 5.75 Å². The van der Waals surface area contributed by atoms with E-state index in [4.69, 9.17) is 4.74 Å². The fourth-order valence-corrected chi connectivity index (χ4v) is 2.42. The van der Waals surface area contributed by atoms with Gasteiger partial charge < -0.3 is 10.1 Å². The Labute approximate surface area is 104 Å². The van der Waals surface area contributed by atoms with Crippen LogP contribution in [-0.2, 0) is 0 Å². The topological polar surface area (TPSA) is 21.3 Å². The Morgan fingerprint density at radius 3 is 2.76 bits per heavy atom. The van der Waals surface area contributed by atoms with Crippen LogP contribution in [0.3, 0.4) is 0 Å². The van der Waals surface area contributed by atoms with Crippen LogP contribution in [0.25, 0.3) is 0 Å². The van der Waals surface area contributed by atoms with Crippen LogP contribution in [0.1, 0.15) is 50.3 Å². The monoisotopic (exact) mass is 233 g/mol. The van der Waals surface area contributed by atoms with Gasteiger partial charge in [-0.05, 0) is 46.2 Å². The third kappa shape index (κ3) is 3.22. The molecule has 0 radical (unpaired) electrons. The van der Waals surface area contributed by atoms with Gasteiger partial charge in [-0.2, -0.15) is 0 Å². The lowest BCUT2D eigenvalue weighted by molar-refractivity contribution is 0.236. The molecular formula is C15H23NO. The molecule has 0 bridgehead atoms. The molecular weight excluding hydrogens is 210 g/mol. The molecule has 0 saturated carbocycles. The summed E-state index contributed by atoms with van der Waals surface area (Å²) in [5.74, 6) is 1.05. The zero-order valence-corrected chi connectivity index (χ0v) is 11.1. The largest absolute Gasteiger partial charge is 0.491 e. The third-order valence-electron chi connectivity index (χ3n) is 3.21. The first-order valence-corrected chi connectivity index (χ1v) is 6.67. The number of ether oxygens (including phenoxy) is 1. The van der Waals surface area contributed by atoms with Gasteiger partial charge in [-0.25, -0.2) is 0 Å². The van der Waals surface area contributed by atoms with Gasteiger partial charge in [0.25, 0.3) is 0 Å². The van der Waals surface area contributed by atoms with Gasteiger partial charge in [-0.3, -0.25) is 0 Å². The summed E-state index contributed by atoms with van der Waals surface area (Å²) in [7, 11) is 0. The zero-order chi connectivity index (χ0) is 12.3. The Balaban J connectivity index is 2.25. The van der Waals surface area contributed by atoms with E-state index in [0.29, 0.717) is 6.04 Å². The van der Waals surface area contributed by atoms with Crippen LogP contribution in [0.2, 0.25) is 0 Å². The summed E-state index contributed by atoms with van der Waals surface area (Å²) in [6.07, 6.45) is 4.06. The van der Waals surface area contributed by atoms with E-state index in [2.05, 4.69) is 44.3 Å². The molecule has 1 atom stereocenters. The Morgan fingerprint density at radius 2 is 2.12 bits per heavy atom. The smallest absolute Gasteiger partial charge is 0.124 e. The molecule has 2 rings (SSSR count). The van der Waals surface area contributed by atoms with Gasteiger partial charge in [0.15, 0.2) is 0 Å². The average Bonchev–Trinajstić information content (AvgIpc) is 2.32. The third-order valence-corrected chi connectivity index (χ3v) is 3.21. The van der Waals surface area contributed by atoms with E-state index in [9.17, 15) is 0 Å². The number of piperidine rings is 1. The Hall–Kier alpha value is -1.02.